The Labute approximate surface area is 107 Å². The lowest BCUT2D eigenvalue weighted by molar-refractivity contribution is 0.201. The summed E-state index contributed by atoms with van der Waals surface area (Å²) in [5.41, 5.74) is 6.12. The average Bonchev–Trinajstić information content (AvgIpc) is 2.85. The van der Waals surface area contributed by atoms with Gasteiger partial charge < -0.3 is 10.5 Å². The highest BCUT2D eigenvalue weighted by atomic mass is 19.1. The van der Waals surface area contributed by atoms with E-state index < -0.39 is 5.82 Å². The fraction of sp³-hybridized carbons (Fsp3) is 0.692. The molecule has 1 aliphatic carbocycles. The molecule has 2 N–H and O–H groups in total. The zero-order valence-electron chi connectivity index (χ0n) is 10.7. The van der Waals surface area contributed by atoms with Crippen LogP contribution >= 0.6 is 0 Å². The number of rotatable bonds is 5. The van der Waals surface area contributed by atoms with Gasteiger partial charge in [0.2, 0.25) is 5.82 Å². The van der Waals surface area contributed by atoms with Crippen molar-refractivity contribution < 1.29 is 9.13 Å². The lowest BCUT2D eigenvalue weighted by Gasteiger charge is -2.18. The van der Waals surface area contributed by atoms with Crippen molar-refractivity contribution in [3.05, 3.63) is 17.8 Å². The van der Waals surface area contributed by atoms with Crippen molar-refractivity contribution >= 4 is 0 Å². The van der Waals surface area contributed by atoms with Gasteiger partial charge in [-0.05, 0) is 37.6 Å². The Bertz CT molecular complexity index is 400. The van der Waals surface area contributed by atoms with Crippen LogP contribution in [-0.4, -0.2) is 23.1 Å². The maximum absolute atomic E-state index is 13.9. The molecule has 4 nitrogen and oxygen atoms in total. The summed E-state index contributed by atoms with van der Waals surface area (Å²) in [5.74, 6) is 0.571. The molecule has 1 fully saturated rings. The molecule has 2 rings (SSSR count). The highest BCUT2D eigenvalue weighted by Gasteiger charge is 2.27. The van der Waals surface area contributed by atoms with Gasteiger partial charge >= 0.3 is 0 Å². The third-order valence-electron chi connectivity index (χ3n) is 3.72. The van der Waals surface area contributed by atoms with Gasteiger partial charge in [0.1, 0.15) is 6.33 Å². The Hall–Kier alpha value is -1.23. The molecule has 5 heteroatoms. The molecular formula is C13H20FN3O. The van der Waals surface area contributed by atoms with Crippen molar-refractivity contribution in [3.63, 3.8) is 0 Å². The molecular weight excluding hydrogens is 233 g/mol. The molecule has 1 aromatic rings. The number of hydrogen-bond donors (Lipinski definition) is 1. The van der Waals surface area contributed by atoms with E-state index in [9.17, 15) is 4.39 Å². The lowest BCUT2D eigenvalue weighted by Crippen LogP contribution is -2.23. The highest BCUT2D eigenvalue weighted by molar-refractivity contribution is 5.17. The van der Waals surface area contributed by atoms with Crippen LogP contribution in [0.3, 0.4) is 0 Å². The summed E-state index contributed by atoms with van der Waals surface area (Å²) in [4.78, 5) is 7.74. The first-order valence-corrected chi connectivity index (χ1v) is 6.58. The fourth-order valence-electron chi connectivity index (χ4n) is 2.56. The smallest absolute Gasteiger partial charge is 0.253 e. The summed E-state index contributed by atoms with van der Waals surface area (Å²) in [6.45, 7) is 3.04. The Morgan fingerprint density at radius 3 is 2.89 bits per heavy atom. The van der Waals surface area contributed by atoms with Gasteiger partial charge in [-0.2, -0.15) is 9.37 Å². The Kier molecular flexibility index (Phi) is 4.47. The molecule has 0 radical (unpaired) electrons. The van der Waals surface area contributed by atoms with Crippen LogP contribution in [0.25, 0.3) is 0 Å². The quantitative estimate of drug-likeness (QED) is 0.871. The molecule has 0 spiro atoms. The second-order valence-corrected chi connectivity index (χ2v) is 4.79. The maximum atomic E-state index is 13.9. The second kappa shape index (κ2) is 6.09. The minimum Gasteiger partial charge on any atom is -0.475 e. The van der Waals surface area contributed by atoms with Gasteiger partial charge in [-0.1, -0.05) is 13.3 Å². The van der Waals surface area contributed by atoms with Crippen LogP contribution in [0.5, 0.6) is 5.88 Å². The van der Waals surface area contributed by atoms with Gasteiger partial charge in [0.25, 0.3) is 5.88 Å². The molecule has 18 heavy (non-hydrogen) atoms. The predicted molar refractivity (Wildman–Crippen MR) is 66.7 cm³/mol. The predicted octanol–water partition coefficient (Wildman–Crippen LogP) is 1.93. The van der Waals surface area contributed by atoms with Gasteiger partial charge in [-0.15, -0.1) is 0 Å². The zero-order chi connectivity index (χ0) is 13.0. The Balaban J connectivity index is 1.98. The van der Waals surface area contributed by atoms with E-state index in [1.165, 1.54) is 12.7 Å². The van der Waals surface area contributed by atoms with Gasteiger partial charge in [0, 0.05) is 0 Å². The van der Waals surface area contributed by atoms with E-state index in [0.29, 0.717) is 37.1 Å². The molecule has 1 aromatic heterocycles. The summed E-state index contributed by atoms with van der Waals surface area (Å²) in [6.07, 6.45) is 5.33. The average molecular weight is 253 g/mol. The summed E-state index contributed by atoms with van der Waals surface area (Å²) in [6, 6.07) is 0. The number of ether oxygens (including phenoxy) is 1. The minimum absolute atomic E-state index is 0.0736. The largest absolute Gasteiger partial charge is 0.475 e. The van der Waals surface area contributed by atoms with E-state index in [4.69, 9.17) is 10.5 Å². The van der Waals surface area contributed by atoms with Gasteiger partial charge in [0.15, 0.2) is 0 Å². The Morgan fingerprint density at radius 2 is 2.17 bits per heavy atom. The molecule has 100 valence electrons. The second-order valence-electron chi connectivity index (χ2n) is 4.79. The Morgan fingerprint density at radius 1 is 1.39 bits per heavy atom. The molecule has 2 unspecified atom stereocenters. The van der Waals surface area contributed by atoms with Crippen LogP contribution in [-0.2, 0) is 6.42 Å². The maximum Gasteiger partial charge on any atom is 0.253 e. The highest BCUT2D eigenvalue weighted by Crippen LogP contribution is 2.31. The zero-order valence-corrected chi connectivity index (χ0v) is 10.7. The van der Waals surface area contributed by atoms with Crippen molar-refractivity contribution in [1.29, 1.82) is 0 Å². The van der Waals surface area contributed by atoms with E-state index in [-0.39, 0.29) is 5.88 Å². The standard InChI is InChI=1S/C13H20FN3O/c1-2-11-12(14)13(17-8-16-11)18-7-10-5-3-4-9(10)6-15/h8-10H,2-7,15H2,1H3. The molecule has 1 aliphatic rings. The van der Waals surface area contributed by atoms with Crippen LogP contribution in [0.1, 0.15) is 31.9 Å². The molecule has 0 aliphatic heterocycles. The molecule has 2 atom stereocenters. The lowest BCUT2D eigenvalue weighted by atomic mass is 9.97. The number of halogens is 1. The number of aryl methyl sites for hydroxylation is 1. The summed E-state index contributed by atoms with van der Waals surface area (Å²) < 4.78 is 19.4. The van der Waals surface area contributed by atoms with Crippen molar-refractivity contribution in [2.45, 2.75) is 32.6 Å². The monoisotopic (exact) mass is 253 g/mol. The normalized spacial score (nSPS) is 23.3. The van der Waals surface area contributed by atoms with Gasteiger partial charge in [-0.3, -0.25) is 0 Å². The van der Waals surface area contributed by atoms with Crippen LogP contribution in [0, 0.1) is 17.7 Å². The van der Waals surface area contributed by atoms with E-state index in [2.05, 4.69) is 9.97 Å². The number of nitrogens with zero attached hydrogens (tertiary/aromatic N) is 2. The van der Waals surface area contributed by atoms with Crippen LogP contribution in [0.2, 0.25) is 0 Å². The van der Waals surface area contributed by atoms with Gasteiger partial charge in [-0.25, -0.2) is 4.98 Å². The van der Waals surface area contributed by atoms with Crippen molar-refractivity contribution in [2.75, 3.05) is 13.2 Å². The molecule has 0 saturated heterocycles. The molecule has 1 saturated carbocycles. The number of aromatic nitrogens is 2. The fourth-order valence-corrected chi connectivity index (χ4v) is 2.56. The third-order valence-corrected chi connectivity index (χ3v) is 3.72. The molecule has 0 amide bonds. The number of hydrogen-bond acceptors (Lipinski definition) is 4. The summed E-state index contributed by atoms with van der Waals surface area (Å²) in [7, 11) is 0. The first-order chi connectivity index (χ1) is 8.76. The first-order valence-electron chi connectivity index (χ1n) is 6.58. The van der Waals surface area contributed by atoms with Crippen LogP contribution < -0.4 is 10.5 Å². The molecule has 1 heterocycles. The molecule has 0 bridgehead atoms. The van der Waals surface area contributed by atoms with E-state index >= 15 is 0 Å². The van der Waals surface area contributed by atoms with E-state index in [1.807, 2.05) is 6.92 Å². The minimum atomic E-state index is -0.428. The van der Waals surface area contributed by atoms with Gasteiger partial charge in [0.05, 0.1) is 12.3 Å². The molecule has 0 aromatic carbocycles. The number of nitrogens with two attached hydrogens (primary N) is 1. The summed E-state index contributed by atoms with van der Waals surface area (Å²) in [5, 5.41) is 0. The van der Waals surface area contributed by atoms with Crippen LogP contribution in [0.15, 0.2) is 6.33 Å². The van der Waals surface area contributed by atoms with Crippen LogP contribution in [0.4, 0.5) is 4.39 Å². The van der Waals surface area contributed by atoms with E-state index in [0.717, 1.165) is 12.8 Å². The van der Waals surface area contributed by atoms with Crippen molar-refractivity contribution in [2.24, 2.45) is 17.6 Å². The SMILES string of the molecule is CCc1ncnc(OCC2CCCC2CN)c1F. The topological polar surface area (TPSA) is 61.0 Å². The first kappa shape index (κ1) is 13.2. The third kappa shape index (κ3) is 2.77. The van der Waals surface area contributed by atoms with Crippen molar-refractivity contribution in [3.8, 4) is 5.88 Å². The summed E-state index contributed by atoms with van der Waals surface area (Å²) >= 11 is 0. The van der Waals surface area contributed by atoms with Crippen molar-refractivity contribution in [1.82, 2.24) is 9.97 Å². The van der Waals surface area contributed by atoms with E-state index in [1.54, 1.807) is 0 Å².